The lowest BCUT2D eigenvalue weighted by Crippen LogP contribution is -2.29. The van der Waals surface area contributed by atoms with Gasteiger partial charge in [0.1, 0.15) is 0 Å². The summed E-state index contributed by atoms with van der Waals surface area (Å²) in [6.45, 7) is 15.5. The molecule has 0 radical (unpaired) electrons. The van der Waals surface area contributed by atoms with E-state index in [1.54, 1.807) is 0 Å². The van der Waals surface area contributed by atoms with Gasteiger partial charge in [-0.05, 0) is 84.3 Å². The molecule has 0 aliphatic rings. The van der Waals surface area contributed by atoms with Gasteiger partial charge in [-0.25, -0.2) is 0 Å². The normalized spacial score (nSPS) is 11.7. The summed E-state index contributed by atoms with van der Waals surface area (Å²) in [5.41, 5.74) is 0. The van der Waals surface area contributed by atoms with E-state index in [1.807, 2.05) is 17.1 Å². The van der Waals surface area contributed by atoms with E-state index in [9.17, 15) is 14.7 Å². The molecular formula is C42H85N3O5. The minimum absolute atomic E-state index is 0.0639. The van der Waals surface area contributed by atoms with Crippen LogP contribution in [0.4, 0.5) is 0 Å². The Labute approximate surface area is 310 Å². The summed E-state index contributed by atoms with van der Waals surface area (Å²) < 4.78 is 0. The second-order valence-corrected chi connectivity index (χ2v) is 14.6. The minimum atomic E-state index is -0.0973. The number of hydrogen-bond donors (Lipinski definition) is 1. The van der Waals surface area contributed by atoms with E-state index in [4.69, 9.17) is 9.68 Å². The number of unbranched alkanes of at least 4 members (excludes halogenated alkanes) is 20. The zero-order valence-electron chi connectivity index (χ0n) is 33.9. The van der Waals surface area contributed by atoms with E-state index in [2.05, 4.69) is 25.7 Å². The van der Waals surface area contributed by atoms with E-state index in [0.29, 0.717) is 12.8 Å². The number of rotatable bonds is 40. The van der Waals surface area contributed by atoms with Gasteiger partial charge >= 0.3 is 11.9 Å². The SMILES string of the molecule is CCCCCCCCN(CCCCCCCC)OC(=O)CCCCCCN(CCCCO)CCCCCCC(=O)ON(CC)CCCCCC. The van der Waals surface area contributed by atoms with Gasteiger partial charge in [0, 0.05) is 45.6 Å². The topological polar surface area (TPSA) is 82.6 Å². The van der Waals surface area contributed by atoms with Crippen LogP contribution in [0.5, 0.6) is 0 Å². The molecule has 0 saturated carbocycles. The Morgan fingerprint density at radius 3 is 1.14 bits per heavy atom. The third-order valence-corrected chi connectivity index (χ3v) is 9.69. The average molecular weight is 712 g/mol. The molecule has 0 atom stereocenters. The molecule has 0 aliphatic heterocycles. The Hall–Kier alpha value is -1.22. The first-order chi connectivity index (χ1) is 24.5. The molecule has 0 rings (SSSR count). The number of hydrogen-bond acceptors (Lipinski definition) is 8. The molecular weight excluding hydrogens is 626 g/mol. The van der Waals surface area contributed by atoms with E-state index in [0.717, 1.165) is 129 Å². The summed E-state index contributed by atoms with van der Waals surface area (Å²) in [6.07, 6.45) is 31.0. The Kier molecular flexibility index (Phi) is 38.0. The maximum atomic E-state index is 12.7. The average Bonchev–Trinajstić information content (AvgIpc) is 3.11. The van der Waals surface area contributed by atoms with Crippen LogP contribution in [-0.4, -0.2) is 84.5 Å². The van der Waals surface area contributed by atoms with Crippen LogP contribution in [0.2, 0.25) is 0 Å². The predicted molar refractivity (Wildman–Crippen MR) is 211 cm³/mol. The van der Waals surface area contributed by atoms with Crippen LogP contribution >= 0.6 is 0 Å². The third-order valence-electron chi connectivity index (χ3n) is 9.69. The fraction of sp³-hybridized carbons (Fsp3) is 0.952. The van der Waals surface area contributed by atoms with Gasteiger partial charge < -0.3 is 19.7 Å². The Balaban J connectivity index is 4.28. The number of nitrogens with zero attached hydrogens (tertiary/aromatic N) is 3. The summed E-state index contributed by atoms with van der Waals surface area (Å²) in [6, 6.07) is 0. The molecule has 0 bridgehead atoms. The Morgan fingerprint density at radius 1 is 0.400 bits per heavy atom. The lowest BCUT2D eigenvalue weighted by molar-refractivity contribution is -0.191. The maximum Gasteiger partial charge on any atom is 0.325 e. The van der Waals surface area contributed by atoms with Gasteiger partial charge in [-0.3, -0.25) is 9.59 Å². The first-order valence-corrected chi connectivity index (χ1v) is 21.7. The number of carbonyl (C=O) groups is 2. The molecule has 1 N–H and O–H groups in total. The van der Waals surface area contributed by atoms with Crippen molar-refractivity contribution in [2.75, 3.05) is 52.4 Å². The standard InChI is InChI=1S/C42H85N3O5/c1-5-9-12-15-19-28-38-45(39-29-20-16-13-10-6-2)50-42(48)33-24-18-22-26-35-43(36-30-31-40-46)34-25-21-17-23-32-41(47)49-44(8-4)37-27-14-11-7-3/h46H,5-40H2,1-4H3. The molecule has 0 aromatic carbocycles. The predicted octanol–water partition coefficient (Wildman–Crippen LogP) is 10.8. The van der Waals surface area contributed by atoms with Crippen LogP contribution in [0.3, 0.4) is 0 Å². The molecule has 0 saturated heterocycles. The number of carbonyl (C=O) groups excluding carboxylic acids is 2. The third kappa shape index (κ3) is 33.9. The number of hydroxylamine groups is 4. The largest absolute Gasteiger partial charge is 0.396 e. The highest BCUT2D eigenvalue weighted by Gasteiger charge is 2.13. The summed E-state index contributed by atoms with van der Waals surface area (Å²) in [4.78, 5) is 39.0. The summed E-state index contributed by atoms with van der Waals surface area (Å²) in [7, 11) is 0. The van der Waals surface area contributed by atoms with E-state index in [1.165, 1.54) is 83.5 Å². The number of aliphatic hydroxyl groups is 1. The molecule has 8 nitrogen and oxygen atoms in total. The van der Waals surface area contributed by atoms with Crippen molar-refractivity contribution in [2.24, 2.45) is 0 Å². The lowest BCUT2D eigenvalue weighted by Gasteiger charge is -2.22. The van der Waals surface area contributed by atoms with Crippen molar-refractivity contribution < 1.29 is 24.4 Å². The van der Waals surface area contributed by atoms with Crippen LogP contribution < -0.4 is 0 Å². The van der Waals surface area contributed by atoms with E-state index >= 15 is 0 Å². The molecule has 298 valence electrons. The van der Waals surface area contributed by atoms with Crippen molar-refractivity contribution in [1.82, 2.24) is 15.0 Å². The lowest BCUT2D eigenvalue weighted by atomic mass is 10.1. The molecule has 0 amide bonds. The van der Waals surface area contributed by atoms with Crippen LogP contribution in [0.1, 0.15) is 207 Å². The Bertz CT molecular complexity index is 710. The van der Waals surface area contributed by atoms with Crippen molar-refractivity contribution in [3.8, 4) is 0 Å². The van der Waals surface area contributed by atoms with Gasteiger partial charge in [0.15, 0.2) is 0 Å². The second kappa shape index (κ2) is 39.0. The molecule has 0 heterocycles. The van der Waals surface area contributed by atoms with Gasteiger partial charge in [-0.15, -0.1) is 10.1 Å². The van der Waals surface area contributed by atoms with Crippen LogP contribution in [0.15, 0.2) is 0 Å². The first kappa shape index (κ1) is 48.8. The molecule has 50 heavy (non-hydrogen) atoms. The molecule has 0 aromatic rings. The molecule has 0 spiro atoms. The molecule has 0 aliphatic carbocycles. The van der Waals surface area contributed by atoms with Gasteiger partial charge in [0.05, 0.1) is 0 Å². The number of aliphatic hydroxyl groups excluding tert-OH is 1. The fourth-order valence-electron chi connectivity index (χ4n) is 6.40. The van der Waals surface area contributed by atoms with Gasteiger partial charge in [0.25, 0.3) is 0 Å². The van der Waals surface area contributed by atoms with E-state index < -0.39 is 0 Å². The zero-order chi connectivity index (χ0) is 36.8. The van der Waals surface area contributed by atoms with Crippen molar-refractivity contribution in [3.63, 3.8) is 0 Å². The summed E-state index contributed by atoms with van der Waals surface area (Å²) in [5.74, 6) is -0.161. The smallest absolute Gasteiger partial charge is 0.325 e. The van der Waals surface area contributed by atoms with Gasteiger partial charge in [-0.1, -0.05) is 130 Å². The van der Waals surface area contributed by atoms with Crippen molar-refractivity contribution in [3.05, 3.63) is 0 Å². The van der Waals surface area contributed by atoms with Gasteiger partial charge in [-0.2, -0.15) is 0 Å². The van der Waals surface area contributed by atoms with Gasteiger partial charge in [0.2, 0.25) is 0 Å². The molecule has 0 unspecified atom stereocenters. The molecule has 0 fully saturated rings. The maximum absolute atomic E-state index is 12.7. The highest BCUT2D eigenvalue weighted by molar-refractivity contribution is 5.69. The molecule has 8 heteroatoms. The second-order valence-electron chi connectivity index (χ2n) is 14.6. The quantitative estimate of drug-likeness (QED) is 0.0497. The fourth-order valence-corrected chi connectivity index (χ4v) is 6.40. The highest BCUT2D eigenvalue weighted by Crippen LogP contribution is 2.13. The monoisotopic (exact) mass is 712 g/mol. The summed E-state index contributed by atoms with van der Waals surface area (Å²) >= 11 is 0. The zero-order valence-corrected chi connectivity index (χ0v) is 33.9. The van der Waals surface area contributed by atoms with Crippen molar-refractivity contribution in [1.29, 1.82) is 0 Å². The molecule has 0 aromatic heterocycles. The van der Waals surface area contributed by atoms with Crippen LogP contribution in [-0.2, 0) is 19.3 Å². The van der Waals surface area contributed by atoms with Crippen molar-refractivity contribution in [2.45, 2.75) is 207 Å². The highest BCUT2D eigenvalue weighted by atomic mass is 16.7. The van der Waals surface area contributed by atoms with Crippen LogP contribution in [0.25, 0.3) is 0 Å². The minimum Gasteiger partial charge on any atom is -0.396 e. The summed E-state index contributed by atoms with van der Waals surface area (Å²) in [5, 5.41) is 13.1. The Morgan fingerprint density at radius 2 is 0.720 bits per heavy atom. The van der Waals surface area contributed by atoms with E-state index in [-0.39, 0.29) is 18.5 Å². The van der Waals surface area contributed by atoms with Crippen LogP contribution in [0, 0.1) is 0 Å². The first-order valence-electron chi connectivity index (χ1n) is 21.7. The van der Waals surface area contributed by atoms with Crippen molar-refractivity contribution >= 4 is 11.9 Å².